The minimum Gasteiger partial charge on any atom is -0.493 e. The van der Waals surface area contributed by atoms with Crippen LogP contribution in [0.15, 0.2) is 36.4 Å². The molecule has 2 rings (SSSR count). The molecule has 0 atom stereocenters. The first-order chi connectivity index (χ1) is 8.72. The molecule has 0 aliphatic carbocycles. The highest BCUT2D eigenvalue weighted by Gasteiger charge is 2.08. The fourth-order valence-electron chi connectivity index (χ4n) is 1.96. The highest BCUT2D eigenvalue weighted by Crippen LogP contribution is 2.31. The Morgan fingerprint density at radius 3 is 2.61 bits per heavy atom. The largest absolute Gasteiger partial charge is 0.493 e. The van der Waals surface area contributed by atoms with Crippen LogP contribution < -0.4 is 4.74 Å². The van der Waals surface area contributed by atoms with Crippen molar-refractivity contribution in [3.63, 3.8) is 0 Å². The zero-order valence-electron chi connectivity index (χ0n) is 10.9. The molecular formula is C16H19BrO. The van der Waals surface area contributed by atoms with Crippen molar-refractivity contribution in [3.05, 3.63) is 42.0 Å². The summed E-state index contributed by atoms with van der Waals surface area (Å²) < 4.78 is 6.02. The van der Waals surface area contributed by atoms with Gasteiger partial charge in [-0.2, -0.15) is 0 Å². The molecule has 0 aliphatic rings. The summed E-state index contributed by atoms with van der Waals surface area (Å²) in [6.07, 6.45) is 1.09. The van der Waals surface area contributed by atoms with Gasteiger partial charge in [-0.05, 0) is 17.7 Å². The Kier molecular flexibility index (Phi) is 4.65. The molecule has 0 amide bonds. The van der Waals surface area contributed by atoms with Crippen LogP contribution in [0.4, 0.5) is 0 Å². The molecule has 0 radical (unpaired) electrons. The van der Waals surface area contributed by atoms with Crippen LogP contribution in [0.2, 0.25) is 0 Å². The summed E-state index contributed by atoms with van der Waals surface area (Å²) in [7, 11) is 0. The molecule has 2 heteroatoms. The van der Waals surface area contributed by atoms with Crippen LogP contribution in [0.5, 0.6) is 5.75 Å². The minimum absolute atomic E-state index is 0.674. The van der Waals surface area contributed by atoms with Crippen molar-refractivity contribution in [2.45, 2.75) is 25.6 Å². The molecule has 0 unspecified atom stereocenters. The van der Waals surface area contributed by atoms with Crippen molar-refractivity contribution in [2.24, 2.45) is 5.92 Å². The van der Waals surface area contributed by atoms with Gasteiger partial charge in [0.25, 0.3) is 0 Å². The third-order valence-electron chi connectivity index (χ3n) is 3.05. The normalized spacial score (nSPS) is 11.1. The Morgan fingerprint density at radius 1 is 1.11 bits per heavy atom. The van der Waals surface area contributed by atoms with Crippen molar-refractivity contribution in [3.8, 4) is 5.75 Å². The molecule has 0 spiro atoms. The summed E-state index contributed by atoms with van der Waals surface area (Å²) in [5.41, 5.74) is 1.22. The van der Waals surface area contributed by atoms with E-state index >= 15 is 0 Å². The number of hydrogen-bond acceptors (Lipinski definition) is 1. The molecule has 0 heterocycles. The predicted molar refractivity (Wildman–Crippen MR) is 81.5 cm³/mol. The van der Waals surface area contributed by atoms with Crippen LogP contribution in [0.25, 0.3) is 10.8 Å². The van der Waals surface area contributed by atoms with Crippen molar-refractivity contribution >= 4 is 26.7 Å². The monoisotopic (exact) mass is 306 g/mol. The van der Waals surface area contributed by atoms with Gasteiger partial charge in [0.2, 0.25) is 0 Å². The second kappa shape index (κ2) is 6.24. The van der Waals surface area contributed by atoms with Crippen molar-refractivity contribution < 1.29 is 4.74 Å². The van der Waals surface area contributed by atoms with Gasteiger partial charge in [0.05, 0.1) is 6.61 Å². The smallest absolute Gasteiger partial charge is 0.131 e. The lowest BCUT2D eigenvalue weighted by molar-refractivity contribution is 0.291. The van der Waals surface area contributed by atoms with Gasteiger partial charge in [-0.1, -0.05) is 66.2 Å². The maximum atomic E-state index is 6.02. The molecule has 0 aliphatic heterocycles. The van der Waals surface area contributed by atoms with Crippen molar-refractivity contribution in [1.82, 2.24) is 0 Å². The van der Waals surface area contributed by atoms with E-state index in [1.807, 2.05) is 0 Å². The first-order valence-electron chi connectivity index (χ1n) is 6.41. The second-order valence-corrected chi connectivity index (χ2v) is 5.50. The third-order valence-corrected chi connectivity index (χ3v) is 3.65. The van der Waals surface area contributed by atoms with Gasteiger partial charge in [0.1, 0.15) is 5.75 Å². The lowest BCUT2D eigenvalue weighted by Gasteiger charge is -2.14. The summed E-state index contributed by atoms with van der Waals surface area (Å²) in [6, 6.07) is 12.7. The van der Waals surface area contributed by atoms with Crippen LogP contribution in [0.3, 0.4) is 0 Å². The number of ether oxygens (including phenoxy) is 1. The minimum atomic E-state index is 0.674. The Bertz CT molecular complexity index is 519. The topological polar surface area (TPSA) is 9.23 Å². The van der Waals surface area contributed by atoms with Crippen LogP contribution in [0, 0.1) is 5.92 Å². The number of hydrogen-bond donors (Lipinski definition) is 0. The molecule has 0 fully saturated rings. The van der Waals surface area contributed by atoms with Gasteiger partial charge in [0, 0.05) is 16.3 Å². The van der Waals surface area contributed by atoms with E-state index in [0.29, 0.717) is 5.92 Å². The van der Waals surface area contributed by atoms with Gasteiger partial charge in [-0.15, -0.1) is 0 Å². The first-order valence-corrected chi connectivity index (χ1v) is 7.54. The van der Waals surface area contributed by atoms with Gasteiger partial charge >= 0.3 is 0 Å². The van der Waals surface area contributed by atoms with E-state index in [1.54, 1.807) is 0 Å². The van der Waals surface area contributed by atoms with E-state index in [-0.39, 0.29) is 0 Å². The van der Waals surface area contributed by atoms with Crippen LogP contribution in [-0.4, -0.2) is 6.61 Å². The zero-order valence-corrected chi connectivity index (χ0v) is 12.5. The summed E-state index contributed by atoms with van der Waals surface area (Å²) >= 11 is 3.53. The fraction of sp³-hybridized carbons (Fsp3) is 0.375. The molecule has 0 saturated heterocycles. The van der Waals surface area contributed by atoms with Gasteiger partial charge in [-0.25, -0.2) is 0 Å². The molecule has 0 N–H and O–H groups in total. The standard InChI is InChI=1S/C16H19BrO/c1-12(2)9-10-18-16-14(11-17)8-7-13-5-3-4-6-15(13)16/h3-8,12H,9-11H2,1-2H3. The van der Waals surface area contributed by atoms with Crippen molar-refractivity contribution in [2.75, 3.05) is 6.61 Å². The highest BCUT2D eigenvalue weighted by molar-refractivity contribution is 9.08. The quantitative estimate of drug-likeness (QED) is 0.693. The molecule has 0 saturated carbocycles. The SMILES string of the molecule is CC(C)CCOc1c(CBr)ccc2ccccc12. The number of rotatable bonds is 5. The number of fused-ring (bicyclic) bond motifs is 1. The molecule has 18 heavy (non-hydrogen) atoms. The van der Waals surface area contributed by atoms with Crippen LogP contribution in [-0.2, 0) is 5.33 Å². The van der Waals surface area contributed by atoms with E-state index in [1.165, 1.54) is 16.3 Å². The van der Waals surface area contributed by atoms with E-state index in [9.17, 15) is 0 Å². The summed E-state index contributed by atoms with van der Waals surface area (Å²) in [5, 5.41) is 3.27. The van der Waals surface area contributed by atoms with E-state index in [2.05, 4.69) is 66.2 Å². The highest BCUT2D eigenvalue weighted by atomic mass is 79.9. The van der Waals surface area contributed by atoms with Crippen LogP contribution >= 0.6 is 15.9 Å². The van der Waals surface area contributed by atoms with Gasteiger partial charge in [0.15, 0.2) is 0 Å². The molecular weight excluding hydrogens is 288 g/mol. The molecule has 2 aromatic carbocycles. The average Bonchev–Trinajstić information content (AvgIpc) is 2.38. The van der Waals surface area contributed by atoms with Gasteiger partial charge in [-0.3, -0.25) is 0 Å². The zero-order chi connectivity index (χ0) is 13.0. The molecule has 96 valence electrons. The Hall–Kier alpha value is -1.02. The molecule has 1 nitrogen and oxygen atoms in total. The van der Waals surface area contributed by atoms with Crippen molar-refractivity contribution in [1.29, 1.82) is 0 Å². The number of benzene rings is 2. The first kappa shape index (κ1) is 13.4. The summed E-state index contributed by atoms with van der Waals surface area (Å²) in [6.45, 7) is 5.22. The Labute approximate surface area is 117 Å². The second-order valence-electron chi connectivity index (χ2n) is 4.94. The number of alkyl halides is 1. The molecule has 0 aromatic heterocycles. The summed E-state index contributed by atoms with van der Waals surface area (Å²) in [5.74, 6) is 1.71. The molecule has 0 bridgehead atoms. The predicted octanol–water partition coefficient (Wildman–Crippen LogP) is 5.16. The van der Waals surface area contributed by atoms with Crippen LogP contribution in [0.1, 0.15) is 25.8 Å². The third kappa shape index (κ3) is 3.05. The fourth-order valence-corrected chi connectivity index (χ4v) is 2.40. The average molecular weight is 307 g/mol. The Balaban J connectivity index is 2.32. The van der Waals surface area contributed by atoms with E-state index < -0.39 is 0 Å². The lowest BCUT2D eigenvalue weighted by atomic mass is 10.1. The molecule has 2 aromatic rings. The maximum Gasteiger partial charge on any atom is 0.131 e. The van der Waals surface area contributed by atoms with E-state index in [4.69, 9.17) is 4.74 Å². The maximum absolute atomic E-state index is 6.02. The van der Waals surface area contributed by atoms with E-state index in [0.717, 1.165) is 24.1 Å². The lowest BCUT2D eigenvalue weighted by Crippen LogP contribution is -2.03. The van der Waals surface area contributed by atoms with Gasteiger partial charge < -0.3 is 4.74 Å². The Morgan fingerprint density at radius 2 is 1.89 bits per heavy atom. The number of halogens is 1. The summed E-state index contributed by atoms with van der Waals surface area (Å²) in [4.78, 5) is 0.